The highest BCUT2D eigenvalue weighted by atomic mass is 35.5. The van der Waals surface area contributed by atoms with E-state index in [0.29, 0.717) is 18.6 Å². The highest BCUT2D eigenvalue weighted by Gasteiger charge is 2.29. The highest BCUT2D eigenvalue weighted by molar-refractivity contribution is 5.85. The van der Waals surface area contributed by atoms with E-state index in [1.165, 1.54) is 6.07 Å². The standard InChI is InChI=1S/C11H14FNO.ClH/c1-11(13-6-7-14-11)8-9-4-2-3-5-10(9)12;/h2-5,13H,6-8H2,1H3;1H. The lowest BCUT2D eigenvalue weighted by Crippen LogP contribution is -2.40. The van der Waals surface area contributed by atoms with E-state index in [4.69, 9.17) is 4.74 Å². The van der Waals surface area contributed by atoms with Gasteiger partial charge in [-0.1, -0.05) is 18.2 Å². The molecule has 0 spiro atoms. The van der Waals surface area contributed by atoms with Crippen LogP contribution in [0.5, 0.6) is 0 Å². The highest BCUT2D eigenvalue weighted by Crippen LogP contribution is 2.19. The van der Waals surface area contributed by atoms with E-state index in [1.807, 2.05) is 13.0 Å². The molecular formula is C11H15ClFNO. The topological polar surface area (TPSA) is 21.3 Å². The molecule has 0 bridgehead atoms. The molecule has 2 nitrogen and oxygen atoms in total. The minimum absolute atomic E-state index is 0. The third kappa shape index (κ3) is 2.91. The molecule has 1 N–H and O–H groups in total. The first kappa shape index (κ1) is 12.4. The maximum atomic E-state index is 13.3. The molecule has 2 rings (SSSR count). The first-order chi connectivity index (χ1) is 6.70. The predicted octanol–water partition coefficient (Wildman–Crippen LogP) is 2.13. The number of nitrogens with one attached hydrogen (secondary N) is 1. The fourth-order valence-corrected chi connectivity index (χ4v) is 1.76. The van der Waals surface area contributed by atoms with Crippen molar-refractivity contribution >= 4 is 12.4 Å². The summed E-state index contributed by atoms with van der Waals surface area (Å²) in [5.74, 6) is -0.161. The van der Waals surface area contributed by atoms with E-state index in [9.17, 15) is 4.39 Å². The molecule has 0 amide bonds. The van der Waals surface area contributed by atoms with Gasteiger partial charge in [0.2, 0.25) is 0 Å². The second-order valence-corrected chi connectivity index (χ2v) is 3.77. The molecule has 84 valence electrons. The summed E-state index contributed by atoms with van der Waals surface area (Å²) in [6, 6.07) is 6.82. The summed E-state index contributed by atoms with van der Waals surface area (Å²) in [7, 11) is 0. The molecule has 0 radical (unpaired) electrons. The Labute approximate surface area is 95.2 Å². The molecule has 1 fully saturated rings. The third-order valence-corrected chi connectivity index (χ3v) is 2.51. The van der Waals surface area contributed by atoms with Crippen LogP contribution in [0.2, 0.25) is 0 Å². The van der Waals surface area contributed by atoms with Gasteiger partial charge in [0, 0.05) is 13.0 Å². The van der Waals surface area contributed by atoms with Gasteiger partial charge in [0.1, 0.15) is 11.5 Å². The molecule has 1 aromatic rings. The quantitative estimate of drug-likeness (QED) is 0.842. The van der Waals surface area contributed by atoms with Gasteiger partial charge in [0.25, 0.3) is 0 Å². The first-order valence-corrected chi connectivity index (χ1v) is 4.82. The molecule has 1 unspecified atom stereocenters. The van der Waals surface area contributed by atoms with Crippen LogP contribution in [0.4, 0.5) is 4.39 Å². The van der Waals surface area contributed by atoms with Crippen LogP contribution in [0.1, 0.15) is 12.5 Å². The monoisotopic (exact) mass is 231 g/mol. The van der Waals surface area contributed by atoms with Crippen molar-refractivity contribution in [3.05, 3.63) is 35.6 Å². The minimum atomic E-state index is -0.401. The predicted molar refractivity (Wildman–Crippen MR) is 59.7 cm³/mol. The van der Waals surface area contributed by atoms with Crippen LogP contribution in [0.3, 0.4) is 0 Å². The Kier molecular flexibility index (Phi) is 4.08. The summed E-state index contributed by atoms with van der Waals surface area (Å²) in [4.78, 5) is 0. The molecule has 1 aliphatic heterocycles. The zero-order valence-electron chi connectivity index (χ0n) is 8.63. The van der Waals surface area contributed by atoms with Crippen LogP contribution in [-0.2, 0) is 11.2 Å². The molecule has 1 heterocycles. The molecule has 1 saturated heterocycles. The van der Waals surface area contributed by atoms with Crippen LogP contribution in [0.15, 0.2) is 24.3 Å². The summed E-state index contributed by atoms with van der Waals surface area (Å²) >= 11 is 0. The molecule has 15 heavy (non-hydrogen) atoms. The lowest BCUT2D eigenvalue weighted by atomic mass is 10.0. The molecule has 1 atom stereocenters. The van der Waals surface area contributed by atoms with Gasteiger partial charge >= 0.3 is 0 Å². The maximum Gasteiger partial charge on any atom is 0.126 e. The normalized spacial score (nSPS) is 24.9. The van der Waals surface area contributed by atoms with Gasteiger partial charge in [-0.15, -0.1) is 12.4 Å². The van der Waals surface area contributed by atoms with E-state index in [0.717, 1.165) is 6.54 Å². The van der Waals surface area contributed by atoms with E-state index < -0.39 is 5.72 Å². The lowest BCUT2D eigenvalue weighted by molar-refractivity contribution is 0.00639. The van der Waals surface area contributed by atoms with Gasteiger partial charge in [0.05, 0.1) is 6.61 Å². The van der Waals surface area contributed by atoms with Gasteiger partial charge < -0.3 is 4.74 Å². The van der Waals surface area contributed by atoms with Crippen molar-refractivity contribution in [2.75, 3.05) is 13.2 Å². The van der Waals surface area contributed by atoms with Crippen LogP contribution in [-0.4, -0.2) is 18.9 Å². The van der Waals surface area contributed by atoms with Crippen molar-refractivity contribution in [1.82, 2.24) is 5.32 Å². The second kappa shape index (κ2) is 4.92. The Balaban J connectivity index is 0.00000112. The molecule has 4 heteroatoms. The van der Waals surface area contributed by atoms with E-state index >= 15 is 0 Å². The number of halogens is 2. The Bertz CT molecular complexity index is 326. The van der Waals surface area contributed by atoms with Gasteiger partial charge in [0.15, 0.2) is 0 Å². The minimum Gasteiger partial charge on any atom is -0.359 e. The average Bonchev–Trinajstić information content (AvgIpc) is 2.57. The maximum absolute atomic E-state index is 13.3. The molecule has 1 aliphatic rings. The molecule has 0 saturated carbocycles. The fourth-order valence-electron chi connectivity index (χ4n) is 1.76. The van der Waals surface area contributed by atoms with Crippen LogP contribution < -0.4 is 5.32 Å². The smallest absolute Gasteiger partial charge is 0.126 e. The summed E-state index contributed by atoms with van der Waals surface area (Å²) in [6.45, 7) is 3.49. The SMILES string of the molecule is CC1(Cc2ccccc2F)NCCO1.Cl. The summed E-state index contributed by atoms with van der Waals surface area (Å²) in [5.41, 5.74) is 0.298. The summed E-state index contributed by atoms with van der Waals surface area (Å²) in [6.07, 6.45) is 0.569. The second-order valence-electron chi connectivity index (χ2n) is 3.77. The largest absolute Gasteiger partial charge is 0.359 e. The van der Waals surface area contributed by atoms with Crippen LogP contribution >= 0.6 is 12.4 Å². The fraction of sp³-hybridized carbons (Fsp3) is 0.455. The zero-order chi connectivity index (χ0) is 10.0. The Hall–Kier alpha value is -0.640. The summed E-state index contributed by atoms with van der Waals surface area (Å²) < 4.78 is 18.9. The Morgan fingerprint density at radius 1 is 1.47 bits per heavy atom. The lowest BCUT2D eigenvalue weighted by Gasteiger charge is -2.23. The average molecular weight is 232 g/mol. The van der Waals surface area contributed by atoms with Gasteiger partial charge in [-0.25, -0.2) is 4.39 Å². The molecule has 0 aromatic heterocycles. The molecule has 0 aliphatic carbocycles. The van der Waals surface area contributed by atoms with Crippen molar-refractivity contribution in [2.24, 2.45) is 0 Å². The van der Waals surface area contributed by atoms with Crippen molar-refractivity contribution in [3.63, 3.8) is 0 Å². The first-order valence-electron chi connectivity index (χ1n) is 4.82. The number of ether oxygens (including phenoxy) is 1. The number of benzene rings is 1. The van der Waals surface area contributed by atoms with E-state index in [-0.39, 0.29) is 18.2 Å². The molecular weight excluding hydrogens is 217 g/mol. The van der Waals surface area contributed by atoms with Crippen molar-refractivity contribution < 1.29 is 9.13 Å². The van der Waals surface area contributed by atoms with Crippen molar-refractivity contribution in [2.45, 2.75) is 19.1 Å². The van der Waals surface area contributed by atoms with Gasteiger partial charge in [-0.05, 0) is 18.6 Å². The van der Waals surface area contributed by atoms with Crippen LogP contribution in [0, 0.1) is 5.82 Å². The zero-order valence-corrected chi connectivity index (χ0v) is 9.44. The Morgan fingerprint density at radius 2 is 2.20 bits per heavy atom. The van der Waals surface area contributed by atoms with Crippen LogP contribution in [0.25, 0.3) is 0 Å². The van der Waals surface area contributed by atoms with Gasteiger partial charge in [-0.3, -0.25) is 5.32 Å². The van der Waals surface area contributed by atoms with E-state index in [1.54, 1.807) is 12.1 Å². The third-order valence-electron chi connectivity index (χ3n) is 2.51. The number of rotatable bonds is 2. The number of hydrogen-bond donors (Lipinski definition) is 1. The summed E-state index contributed by atoms with van der Waals surface area (Å²) in [5, 5.41) is 3.22. The Morgan fingerprint density at radius 3 is 2.80 bits per heavy atom. The van der Waals surface area contributed by atoms with Gasteiger partial charge in [-0.2, -0.15) is 0 Å². The van der Waals surface area contributed by atoms with Crippen molar-refractivity contribution in [3.8, 4) is 0 Å². The molecule has 1 aromatic carbocycles. The number of hydrogen-bond acceptors (Lipinski definition) is 2. The van der Waals surface area contributed by atoms with E-state index in [2.05, 4.69) is 5.32 Å². The van der Waals surface area contributed by atoms with Crippen molar-refractivity contribution in [1.29, 1.82) is 0 Å².